The Morgan fingerprint density at radius 2 is 1.86 bits per heavy atom. The predicted molar refractivity (Wildman–Crippen MR) is 106 cm³/mol. The van der Waals surface area contributed by atoms with Crippen LogP contribution >= 0.6 is 0 Å². The molecule has 2 atom stereocenters. The average molecular weight is 390 g/mol. The first kappa shape index (κ1) is 19.6. The molecule has 6 heteroatoms. The van der Waals surface area contributed by atoms with Crippen LogP contribution in [0.4, 0.5) is 4.39 Å². The molecule has 1 saturated heterocycles. The van der Waals surface area contributed by atoms with Crippen molar-refractivity contribution < 1.29 is 13.9 Å². The third-order valence-corrected chi connectivity index (χ3v) is 7.08. The second kappa shape index (κ2) is 8.37. The van der Waals surface area contributed by atoms with Crippen molar-refractivity contribution in [1.82, 2.24) is 9.80 Å². The molecule has 2 aliphatic carbocycles. The summed E-state index contributed by atoms with van der Waals surface area (Å²) in [6.07, 6.45) is 5.58. The van der Waals surface area contributed by atoms with E-state index in [1.54, 1.807) is 19.2 Å². The number of hydrogen-bond acceptors (Lipinski definition) is 4. The molecule has 1 aliphatic heterocycles. The SMILES string of the molecule is COc1ccc(F)cc1CN1CCN(C(=O)C2CC3CCCC(C2)C3N)CC1. The molecule has 2 saturated carbocycles. The van der Waals surface area contributed by atoms with E-state index in [2.05, 4.69) is 4.90 Å². The van der Waals surface area contributed by atoms with Crippen molar-refractivity contribution in [2.75, 3.05) is 33.3 Å². The smallest absolute Gasteiger partial charge is 0.225 e. The van der Waals surface area contributed by atoms with Gasteiger partial charge < -0.3 is 15.4 Å². The molecule has 1 amide bonds. The van der Waals surface area contributed by atoms with Gasteiger partial charge in [-0.05, 0) is 55.7 Å². The maximum atomic E-state index is 13.6. The van der Waals surface area contributed by atoms with Gasteiger partial charge in [-0.3, -0.25) is 9.69 Å². The number of carbonyl (C=O) groups excluding carboxylic acids is 1. The average Bonchev–Trinajstić information content (AvgIpc) is 2.68. The highest BCUT2D eigenvalue weighted by Crippen LogP contribution is 2.42. The maximum absolute atomic E-state index is 13.6. The van der Waals surface area contributed by atoms with Gasteiger partial charge in [0.25, 0.3) is 0 Å². The summed E-state index contributed by atoms with van der Waals surface area (Å²) in [5, 5.41) is 0. The quantitative estimate of drug-likeness (QED) is 0.860. The fourth-order valence-electron chi connectivity index (χ4n) is 5.49. The van der Waals surface area contributed by atoms with E-state index >= 15 is 0 Å². The van der Waals surface area contributed by atoms with Gasteiger partial charge in [-0.2, -0.15) is 0 Å². The number of nitrogens with zero attached hydrogens (tertiary/aromatic N) is 2. The Kier molecular flexibility index (Phi) is 5.88. The van der Waals surface area contributed by atoms with Crippen LogP contribution in [0.2, 0.25) is 0 Å². The normalized spacial score (nSPS) is 30.9. The molecule has 5 nitrogen and oxygen atoms in total. The van der Waals surface area contributed by atoms with E-state index in [0.717, 1.165) is 44.6 Å². The molecule has 0 aromatic heterocycles. The number of fused-ring (bicyclic) bond motifs is 2. The van der Waals surface area contributed by atoms with E-state index in [9.17, 15) is 9.18 Å². The molecule has 3 fully saturated rings. The Morgan fingerprint density at radius 3 is 2.50 bits per heavy atom. The van der Waals surface area contributed by atoms with Gasteiger partial charge in [-0.1, -0.05) is 6.42 Å². The van der Waals surface area contributed by atoms with Crippen molar-refractivity contribution in [1.29, 1.82) is 0 Å². The minimum Gasteiger partial charge on any atom is -0.496 e. The third kappa shape index (κ3) is 4.03. The van der Waals surface area contributed by atoms with Crippen LogP contribution in [-0.2, 0) is 11.3 Å². The molecule has 0 radical (unpaired) electrons. The van der Waals surface area contributed by atoms with E-state index in [1.807, 2.05) is 4.90 Å². The van der Waals surface area contributed by atoms with Crippen LogP contribution in [-0.4, -0.2) is 55.0 Å². The largest absolute Gasteiger partial charge is 0.496 e. The van der Waals surface area contributed by atoms with Gasteiger partial charge in [-0.15, -0.1) is 0 Å². The summed E-state index contributed by atoms with van der Waals surface area (Å²) < 4.78 is 19.0. The second-order valence-corrected chi connectivity index (χ2v) is 8.75. The van der Waals surface area contributed by atoms with Crippen LogP contribution in [0.1, 0.15) is 37.7 Å². The molecule has 2 unspecified atom stereocenters. The maximum Gasteiger partial charge on any atom is 0.225 e. The van der Waals surface area contributed by atoms with Gasteiger partial charge in [0.1, 0.15) is 11.6 Å². The van der Waals surface area contributed by atoms with Crippen LogP contribution in [0.15, 0.2) is 18.2 Å². The van der Waals surface area contributed by atoms with Crippen molar-refractivity contribution in [3.8, 4) is 5.75 Å². The summed E-state index contributed by atoms with van der Waals surface area (Å²) in [5.74, 6) is 2.01. The van der Waals surface area contributed by atoms with E-state index in [-0.39, 0.29) is 11.7 Å². The Morgan fingerprint density at radius 1 is 1.18 bits per heavy atom. The third-order valence-electron chi connectivity index (χ3n) is 7.08. The summed E-state index contributed by atoms with van der Waals surface area (Å²) in [7, 11) is 1.61. The lowest BCUT2D eigenvalue weighted by Gasteiger charge is -2.45. The lowest BCUT2D eigenvalue weighted by atomic mass is 9.65. The molecule has 4 rings (SSSR count). The van der Waals surface area contributed by atoms with Crippen LogP contribution in [0.5, 0.6) is 5.75 Å². The van der Waals surface area contributed by atoms with E-state index < -0.39 is 0 Å². The highest BCUT2D eigenvalue weighted by Gasteiger charge is 2.41. The van der Waals surface area contributed by atoms with Gasteiger partial charge >= 0.3 is 0 Å². The molecule has 1 heterocycles. The summed E-state index contributed by atoms with van der Waals surface area (Å²) in [6, 6.07) is 4.94. The second-order valence-electron chi connectivity index (χ2n) is 8.75. The molecule has 154 valence electrons. The van der Waals surface area contributed by atoms with Gasteiger partial charge in [0.05, 0.1) is 7.11 Å². The van der Waals surface area contributed by atoms with Gasteiger partial charge in [0, 0.05) is 50.2 Å². The first-order valence-electron chi connectivity index (χ1n) is 10.6. The van der Waals surface area contributed by atoms with Crippen molar-refractivity contribution in [3.05, 3.63) is 29.6 Å². The molecular weight excluding hydrogens is 357 g/mol. The van der Waals surface area contributed by atoms with Gasteiger partial charge in [0.2, 0.25) is 5.91 Å². The molecule has 3 aliphatic rings. The van der Waals surface area contributed by atoms with Crippen molar-refractivity contribution in [3.63, 3.8) is 0 Å². The summed E-state index contributed by atoms with van der Waals surface area (Å²) in [6.45, 7) is 3.75. The number of rotatable bonds is 4. The fraction of sp³-hybridized carbons (Fsp3) is 0.682. The minimum absolute atomic E-state index is 0.157. The van der Waals surface area contributed by atoms with Crippen LogP contribution in [0, 0.1) is 23.6 Å². The first-order valence-corrected chi connectivity index (χ1v) is 10.6. The zero-order chi connectivity index (χ0) is 19.7. The number of halogens is 1. The van der Waals surface area contributed by atoms with E-state index in [0.29, 0.717) is 36.1 Å². The standard InChI is InChI=1S/C22H32FN3O2/c1-28-20-6-5-19(23)13-18(20)14-25-7-9-26(10-8-25)22(27)17-11-15-3-2-4-16(12-17)21(15)24/h5-6,13,15-17,21H,2-4,7-12,14,24H2,1H3. The van der Waals surface area contributed by atoms with Crippen LogP contribution in [0.3, 0.4) is 0 Å². The van der Waals surface area contributed by atoms with Gasteiger partial charge in [0.15, 0.2) is 0 Å². The molecule has 2 bridgehead atoms. The van der Waals surface area contributed by atoms with E-state index in [4.69, 9.17) is 10.5 Å². The Balaban J connectivity index is 1.32. The number of carbonyl (C=O) groups is 1. The summed E-state index contributed by atoms with van der Waals surface area (Å²) in [5.41, 5.74) is 7.24. The number of hydrogen-bond donors (Lipinski definition) is 1. The monoisotopic (exact) mass is 389 g/mol. The summed E-state index contributed by atoms with van der Waals surface area (Å²) >= 11 is 0. The Hall–Kier alpha value is -1.66. The zero-order valence-electron chi connectivity index (χ0n) is 16.8. The van der Waals surface area contributed by atoms with Crippen LogP contribution < -0.4 is 10.5 Å². The van der Waals surface area contributed by atoms with Crippen molar-refractivity contribution >= 4 is 5.91 Å². The first-order chi connectivity index (χ1) is 13.5. The topological polar surface area (TPSA) is 58.8 Å². The Bertz CT molecular complexity index is 691. The minimum atomic E-state index is -0.245. The number of benzene rings is 1. The molecular formula is C22H32FN3O2. The number of amides is 1. The van der Waals surface area contributed by atoms with Crippen molar-refractivity contribution in [2.24, 2.45) is 23.5 Å². The number of piperazine rings is 1. The summed E-state index contributed by atoms with van der Waals surface area (Å²) in [4.78, 5) is 17.4. The fourth-order valence-corrected chi connectivity index (χ4v) is 5.49. The molecule has 1 aromatic rings. The highest BCUT2D eigenvalue weighted by atomic mass is 19.1. The molecule has 2 N–H and O–H groups in total. The number of ether oxygens (including phenoxy) is 1. The molecule has 0 spiro atoms. The van der Waals surface area contributed by atoms with Gasteiger partial charge in [-0.25, -0.2) is 4.39 Å². The molecule has 28 heavy (non-hydrogen) atoms. The number of nitrogens with two attached hydrogens (primary N) is 1. The lowest BCUT2D eigenvalue weighted by Crippen LogP contribution is -2.53. The zero-order valence-corrected chi connectivity index (χ0v) is 16.8. The predicted octanol–water partition coefficient (Wildman–Crippen LogP) is 2.63. The lowest BCUT2D eigenvalue weighted by molar-refractivity contribution is -0.140. The van der Waals surface area contributed by atoms with Crippen LogP contribution in [0.25, 0.3) is 0 Å². The van der Waals surface area contributed by atoms with Crippen molar-refractivity contribution in [2.45, 2.75) is 44.7 Å². The highest BCUT2D eigenvalue weighted by molar-refractivity contribution is 5.79. The molecule has 1 aromatic carbocycles. The van der Waals surface area contributed by atoms with E-state index in [1.165, 1.54) is 25.3 Å². The number of methoxy groups -OCH3 is 1. The Labute approximate surface area is 167 Å².